The zero-order valence-electron chi connectivity index (χ0n) is 11.2. The van der Waals surface area contributed by atoms with E-state index in [0.717, 1.165) is 25.7 Å². The fourth-order valence-corrected chi connectivity index (χ4v) is 2.39. The Morgan fingerprint density at radius 3 is 2.28 bits per heavy atom. The van der Waals surface area contributed by atoms with E-state index in [2.05, 4.69) is 15.8 Å². The highest BCUT2D eigenvalue weighted by Gasteiger charge is 2.37. The van der Waals surface area contributed by atoms with Crippen LogP contribution in [0.2, 0.25) is 0 Å². The normalized spacial score (nSPS) is 20.3. The second kappa shape index (κ2) is 6.47. The first-order chi connectivity index (χ1) is 8.50. The van der Waals surface area contributed by atoms with Crippen LogP contribution in [0.5, 0.6) is 0 Å². The van der Waals surface area contributed by atoms with Crippen LogP contribution < -0.4 is 16.4 Å². The number of nitrogens with one attached hydrogen (secondary N) is 2. The molecule has 18 heavy (non-hydrogen) atoms. The molecule has 1 aliphatic rings. The number of carbonyl (C=O) groups excluding carboxylic acids is 1. The maximum atomic E-state index is 11.8. The van der Waals surface area contributed by atoms with Crippen molar-refractivity contribution < 1.29 is 10.0 Å². The van der Waals surface area contributed by atoms with Gasteiger partial charge < -0.3 is 21.6 Å². The van der Waals surface area contributed by atoms with Crippen LogP contribution in [-0.4, -0.2) is 28.7 Å². The molecule has 1 aliphatic carbocycles. The van der Waals surface area contributed by atoms with Crippen molar-refractivity contribution in [2.45, 2.75) is 64.0 Å². The monoisotopic (exact) mass is 256 g/mol. The number of urea groups is 1. The topological polar surface area (TPSA) is 99.7 Å². The van der Waals surface area contributed by atoms with Gasteiger partial charge in [0.25, 0.3) is 0 Å². The number of rotatable bonds is 3. The lowest BCUT2D eigenvalue weighted by Crippen LogP contribution is -2.60. The summed E-state index contributed by atoms with van der Waals surface area (Å²) in [7, 11) is 0. The van der Waals surface area contributed by atoms with E-state index < -0.39 is 5.54 Å². The summed E-state index contributed by atoms with van der Waals surface area (Å²) in [5.74, 6) is 0.100. The minimum atomic E-state index is -0.704. The van der Waals surface area contributed by atoms with Crippen molar-refractivity contribution in [3.63, 3.8) is 0 Å². The molecular formula is C12H24N4O2. The van der Waals surface area contributed by atoms with Crippen molar-refractivity contribution in [1.82, 2.24) is 10.6 Å². The smallest absolute Gasteiger partial charge is 0.315 e. The molecule has 2 amide bonds. The summed E-state index contributed by atoms with van der Waals surface area (Å²) in [6.07, 6.45) is 5.61. The van der Waals surface area contributed by atoms with E-state index in [9.17, 15) is 4.79 Å². The highest BCUT2D eigenvalue weighted by atomic mass is 16.4. The third kappa shape index (κ3) is 3.78. The molecule has 0 atom stereocenters. The average Bonchev–Trinajstić information content (AvgIpc) is 2.53. The van der Waals surface area contributed by atoms with Gasteiger partial charge in [0.1, 0.15) is 5.54 Å². The summed E-state index contributed by atoms with van der Waals surface area (Å²) in [6.45, 7) is 3.78. The van der Waals surface area contributed by atoms with Crippen molar-refractivity contribution >= 4 is 11.9 Å². The van der Waals surface area contributed by atoms with Gasteiger partial charge in [-0.15, -0.1) is 0 Å². The van der Waals surface area contributed by atoms with Gasteiger partial charge in [0.15, 0.2) is 5.84 Å². The molecule has 6 nitrogen and oxygen atoms in total. The summed E-state index contributed by atoms with van der Waals surface area (Å²) >= 11 is 0. The van der Waals surface area contributed by atoms with Crippen molar-refractivity contribution in [3.05, 3.63) is 0 Å². The molecule has 0 aromatic heterocycles. The molecule has 6 heteroatoms. The molecule has 0 saturated heterocycles. The Kier molecular flexibility index (Phi) is 5.25. The van der Waals surface area contributed by atoms with Crippen molar-refractivity contribution in [3.8, 4) is 0 Å². The highest BCUT2D eigenvalue weighted by molar-refractivity contribution is 5.93. The molecule has 0 aromatic rings. The zero-order chi connectivity index (χ0) is 13.6. The molecule has 104 valence electrons. The molecule has 1 saturated carbocycles. The second-order valence-electron chi connectivity index (χ2n) is 5.23. The summed E-state index contributed by atoms with van der Waals surface area (Å²) < 4.78 is 0. The Bertz CT molecular complexity index is 307. The summed E-state index contributed by atoms with van der Waals surface area (Å²) in [4.78, 5) is 11.8. The van der Waals surface area contributed by atoms with E-state index in [1.807, 2.05) is 13.8 Å². The SMILES string of the molecule is CC(C)NC(=O)NC1(/C(N)=N/O)CCCCCC1. The van der Waals surface area contributed by atoms with E-state index in [0.29, 0.717) is 12.8 Å². The number of hydrogen-bond acceptors (Lipinski definition) is 3. The molecule has 1 rings (SSSR count). The maximum absolute atomic E-state index is 11.8. The predicted octanol–water partition coefficient (Wildman–Crippen LogP) is 1.53. The summed E-state index contributed by atoms with van der Waals surface area (Å²) in [6, 6.07) is -0.210. The lowest BCUT2D eigenvalue weighted by Gasteiger charge is -2.32. The molecule has 0 spiro atoms. The first-order valence-electron chi connectivity index (χ1n) is 6.57. The molecule has 0 radical (unpaired) electrons. The lowest BCUT2D eigenvalue weighted by atomic mass is 9.89. The summed E-state index contributed by atoms with van der Waals surface area (Å²) in [5, 5.41) is 17.7. The molecule has 5 N–H and O–H groups in total. The first-order valence-corrected chi connectivity index (χ1v) is 6.57. The van der Waals surface area contributed by atoms with Crippen LogP contribution >= 0.6 is 0 Å². The van der Waals surface area contributed by atoms with Crippen molar-refractivity contribution in [2.75, 3.05) is 0 Å². The lowest BCUT2D eigenvalue weighted by molar-refractivity contribution is 0.226. The standard InChI is InChI=1S/C12H24N4O2/c1-9(2)14-11(17)15-12(10(13)16-18)7-5-3-4-6-8-12/h9,18H,3-8H2,1-2H3,(H2,13,16)(H2,14,15,17). The minimum Gasteiger partial charge on any atom is -0.409 e. The van der Waals surface area contributed by atoms with Gasteiger partial charge in [0, 0.05) is 6.04 Å². The molecule has 0 aromatic carbocycles. The number of hydrogen-bond donors (Lipinski definition) is 4. The van der Waals surface area contributed by atoms with E-state index in [1.54, 1.807) is 0 Å². The number of amidine groups is 1. The van der Waals surface area contributed by atoms with Crippen LogP contribution in [0.3, 0.4) is 0 Å². The maximum Gasteiger partial charge on any atom is 0.315 e. The molecule has 0 bridgehead atoms. The fraction of sp³-hybridized carbons (Fsp3) is 0.833. The van der Waals surface area contributed by atoms with E-state index in [4.69, 9.17) is 10.9 Å². The van der Waals surface area contributed by atoms with Gasteiger partial charge in [-0.25, -0.2) is 4.79 Å². The van der Waals surface area contributed by atoms with Gasteiger partial charge in [-0.3, -0.25) is 0 Å². The number of nitrogens with zero attached hydrogens (tertiary/aromatic N) is 1. The minimum absolute atomic E-state index is 0.0557. The average molecular weight is 256 g/mol. The Labute approximate surface area is 108 Å². The van der Waals surface area contributed by atoms with Gasteiger partial charge in [-0.05, 0) is 26.7 Å². The molecular weight excluding hydrogens is 232 g/mol. The molecule has 0 unspecified atom stereocenters. The Hall–Kier alpha value is -1.46. The third-order valence-electron chi connectivity index (χ3n) is 3.33. The van der Waals surface area contributed by atoms with Gasteiger partial charge in [0.05, 0.1) is 0 Å². The van der Waals surface area contributed by atoms with Crippen LogP contribution in [0.4, 0.5) is 4.79 Å². The van der Waals surface area contributed by atoms with Gasteiger partial charge in [-0.1, -0.05) is 30.8 Å². The van der Waals surface area contributed by atoms with Crippen molar-refractivity contribution in [1.29, 1.82) is 0 Å². The number of oxime groups is 1. The van der Waals surface area contributed by atoms with Gasteiger partial charge in [0.2, 0.25) is 0 Å². The van der Waals surface area contributed by atoms with Crippen LogP contribution in [-0.2, 0) is 0 Å². The predicted molar refractivity (Wildman–Crippen MR) is 70.6 cm³/mol. The Balaban J connectivity index is 2.80. The van der Waals surface area contributed by atoms with Crippen molar-refractivity contribution in [2.24, 2.45) is 10.9 Å². The van der Waals surface area contributed by atoms with Crippen LogP contribution in [0.1, 0.15) is 52.4 Å². The largest absolute Gasteiger partial charge is 0.409 e. The zero-order valence-corrected chi connectivity index (χ0v) is 11.2. The van der Waals surface area contributed by atoms with Crippen LogP contribution in [0.15, 0.2) is 5.16 Å². The van der Waals surface area contributed by atoms with E-state index >= 15 is 0 Å². The molecule has 0 aliphatic heterocycles. The number of amides is 2. The Morgan fingerprint density at radius 2 is 1.83 bits per heavy atom. The molecule has 1 fully saturated rings. The third-order valence-corrected chi connectivity index (χ3v) is 3.33. The van der Waals surface area contributed by atoms with Crippen LogP contribution in [0.25, 0.3) is 0 Å². The Morgan fingerprint density at radius 1 is 1.28 bits per heavy atom. The molecule has 0 heterocycles. The first kappa shape index (κ1) is 14.6. The second-order valence-corrected chi connectivity index (χ2v) is 5.23. The van der Waals surface area contributed by atoms with Gasteiger partial charge in [-0.2, -0.15) is 0 Å². The van der Waals surface area contributed by atoms with Crippen LogP contribution in [0, 0.1) is 0 Å². The van der Waals surface area contributed by atoms with E-state index in [1.165, 1.54) is 0 Å². The quantitative estimate of drug-likeness (QED) is 0.202. The van der Waals surface area contributed by atoms with Gasteiger partial charge >= 0.3 is 6.03 Å². The summed E-state index contributed by atoms with van der Waals surface area (Å²) in [5.41, 5.74) is 5.08. The highest BCUT2D eigenvalue weighted by Crippen LogP contribution is 2.27. The fourth-order valence-electron chi connectivity index (χ4n) is 2.39. The number of carbonyl (C=O) groups is 1. The number of nitrogens with two attached hydrogens (primary N) is 1. The van der Waals surface area contributed by atoms with E-state index in [-0.39, 0.29) is 17.9 Å².